The van der Waals surface area contributed by atoms with Gasteiger partial charge in [-0.3, -0.25) is 4.79 Å². The summed E-state index contributed by atoms with van der Waals surface area (Å²) < 4.78 is 2.03. The fourth-order valence-corrected chi connectivity index (χ4v) is 2.05. The van der Waals surface area contributed by atoms with E-state index >= 15 is 0 Å². The van der Waals surface area contributed by atoms with Gasteiger partial charge in [-0.2, -0.15) is 0 Å². The summed E-state index contributed by atoms with van der Waals surface area (Å²) in [5.41, 5.74) is 4.33. The second kappa shape index (κ2) is 5.09. The van der Waals surface area contributed by atoms with E-state index in [1.807, 2.05) is 10.2 Å². The van der Waals surface area contributed by atoms with Crippen LogP contribution in [0, 0.1) is 0 Å². The van der Waals surface area contributed by atoms with Crippen LogP contribution in [0.5, 0.6) is 0 Å². The molecule has 0 radical (unpaired) electrons. The number of nitrogens with zero attached hydrogens (tertiary/aromatic N) is 2. The molecule has 1 aliphatic rings. The summed E-state index contributed by atoms with van der Waals surface area (Å²) in [4.78, 5) is 19.9. The van der Waals surface area contributed by atoms with Crippen molar-refractivity contribution < 1.29 is 9.63 Å². The average molecular weight is 224 g/mol. The monoisotopic (exact) mass is 224 g/mol. The van der Waals surface area contributed by atoms with Gasteiger partial charge in [-0.05, 0) is 25.7 Å². The minimum Gasteiger partial charge on any atom is -0.356 e. The molecule has 0 bridgehead atoms. The SMILES string of the molecule is NNOC(=O)CCn1cnc2c1CCCC2. The Balaban J connectivity index is 1.94. The molecule has 88 valence electrons. The highest BCUT2D eigenvalue weighted by Crippen LogP contribution is 2.19. The maximum Gasteiger partial charge on any atom is 0.328 e. The van der Waals surface area contributed by atoms with E-state index in [9.17, 15) is 4.79 Å². The minimum absolute atomic E-state index is 0.299. The molecule has 0 saturated heterocycles. The Morgan fingerprint density at radius 1 is 1.56 bits per heavy atom. The van der Waals surface area contributed by atoms with Gasteiger partial charge < -0.3 is 9.40 Å². The van der Waals surface area contributed by atoms with Crippen molar-refractivity contribution >= 4 is 5.97 Å². The Bertz CT molecular complexity index is 375. The fraction of sp³-hybridized carbons (Fsp3) is 0.600. The Morgan fingerprint density at radius 3 is 3.19 bits per heavy atom. The van der Waals surface area contributed by atoms with E-state index in [4.69, 9.17) is 5.84 Å². The van der Waals surface area contributed by atoms with Crippen LogP contribution in [0.4, 0.5) is 0 Å². The number of aryl methyl sites for hydroxylation is 2. The van der Waals surface area contributed by atoms with Crippen LogP contribution in [0.3, 0.4) is 0 Å². The first kappa shape index (κ1) is 11.1. The zero-order valence-electron chi connectivity index (χ0n) is 9.11. The number of hydrogen-bond donors (Lipinski definition) is 2. The van der Waals surface area contributed by atoms with Gasteiger partial charge in [0, 0.05) is 12.2 Å². The number of nitrogens with one attached hydrogen (secondary N) is 1. The first-order chi connectivity index (χ1) is 7.81. The third-order valence-electron chi connectivity index (χ3n) is 2.84. The molecule has 1 aliphatic carbocycles. The molecule has 1 aromatic heterocycles. The summed E-state index contributed by atoms with van der Waals surface area (Å²) >= 11 is 0. The molecule has 0 aromatic carbocycles. The molecular formula is C10H16N4O2. The second-order valence-electron chi connectivity index (χ2n) is 3.88. The Labute approximate surface area is 93.7 Å². The normalized spacial score (nSPS) is 14.6. The molecule has 16 heavy (non-hydrogen) atoms. The first-order valence-corrected chi connectivity index (χ1v) is 5.49. The number of imidazole rings is 1. The maximum atomic E-state index is 11.1. The van der Waals surface area contributed by atoms with E-state index in [1.54, 1.807) is 6.33 Å². The Kier molecular flexibility index (Phi) is 3.53. The van der Waals surface area contributed by atoms with E-state index in [1.165, 1.54) is 24.2 Å². The zero-order valence-corrected chi connectivity index (χ0v) is 9.11. The van der Waals surface area contributed by atoms with Crippen molar-refractivity contribution in [3.05, 3.63) is 17.7 Å². The molecule has 3 N–H and O–H groups in total. The number of nitrogens with two attached hydrogens (primary N) is 1. The van der Waals surface area contributed by atoms with Gasteiger partial charge in [0.25, 0.3) is 0 Å². The Morgan fingerprint density at radius 2 is 2.38 bits per heavy atom. The number of rotatable bonds is 4. The van der Waals surface area contributed by atoms with E-state index in [2.05, 4.69) is 9.82 Å². The standard InChI is InChI=1S/C10H16N4O2/c11-13-16-10(15)5-6-14-7-12-8-3-1-2-4-9(8)14/h7,13H,1-6,11H2. The van der Waals surface area contributed by atoms with Gasteiger partial charge in [-0.1, -0.05) is 5.59 Å². The molecule has 1 aromatic rings. The largest absolute Gasteiger partial charge is 0.356 e. The number of carbonyl (C=O) groups is 1. The summed E-state index contributed by atoms with van der Waals surface area (Å²) in [6.45, 7) is 0.600. The van der Waals surface area contributed by atoms with Gasteiger partial charge in [-0.15, -0.1) is 0 Å². The number of hydrazine groups is 1. The molecule has 0 fully saturated rings. The minimum atomic E-state index is -0.360. The highest BCUT2D eigenvalue weighted by Gasteiger charge is 2.15. The molecule has 0 amide bonds. The quantitative estimate of drug-likeness (QED) is 0.559. The average Bonchev–Trinajstić information content (AvgIpc) is 2.70. The van der Waals surface area contributed by atoms with E-state index in [-0.39, 0.29) is 5.97 Å². The Hall–Kier alpha value is -1.40. The smallest absolute Gasteiger partial charge is 0.328 e. The predicted octanol–water partition coefficient (Wildman–Crippen LogP) is 0.0735. The third kappa shape index (κ3) is 2.40. The van der Waals surface area contributed by atoms with E-state index in [0.29, 0.717) is 13.0 Å². The number of carbonyl (C=O) groups excluding carboxylic acids is 1. The summed E-state index contributed by atoms with van der Waals surface area (Å²) in [6.07, 6.45) is 6.62. The lowest BCUT2D eigenvalue weighted by Crippen LogP contribution is -2.26. The summed E-state index contributed by atoms with van der Waals surface area (Å²) in [6, 6.07) is 0. The van der Waals surface area contributed by atoms with Gasteiger partial charge in [-0.25, -0.2) is 10.8 Å². The highest BCUT2D eigenvalue weighted by atomic mass is 16.7. The highest BCUT2D eigenvalue weighted by molar-refractivity contribution is 5.68. The van der Waals surface area contributed by atoms with Gasteiger partial charge >= 0.3 is 5.97 Å². The number of fused-ring (bicyclic) bond motifs is 1. The van der Waals surface area contributed by atoms with Crippen LogP contribution in [-0.2, 0) is 29.0 Å². The summed E-state index contributed by atoms with van der Waals surface area (Å²) in [5, 5.41) is 0. The third-order valence-corrected chi connectivity index (χ3v) is 2.84. The molecular weight excluding hydrogens is 208 g/mol. The molecule has 0 spiro atoms. The first-order valence-electron chi connectivity index (χ1n) is 5.49. The van der Waals surface area contributed by atoms with E-state index in [0.717, 1.165) is 12.8 Å². The number of aromatic nitrogens is 2. The maximum absolute atomic E-state index is 11.1. The molecule has 0 unspecified atom stereocenters. The lowest BCUT2D eigenvalue weighted by molar-refractivity contribution is -0.151. The van der Waals surface area contributed by atoms with Crippen molar-refractivity contribution in [1.82, 2.24) is 15.1 Å². The molecule has 6 heteroatoms. The van der Waals surface area contributed by atoms with Crippen molar-refractivity contribution in [3.63, 3.8) is 0 Å². The molecule has 2 rings (SSSR count). The van der Waals surface area contributed by atoms with Crippen LogP contribution in [0.2, 0.25) is 0 Å². The van der Waals surface area contributed by atoms with Crippen LogP contribution >= 0.6 is 0 Å². The van der Waals surface area contributed by atoms with Crippen molar-refractivity contribution in [2.75, 3.05) is 0 Å². The molecule has 0 saturated carbocycles. The fourth-order valence-electron chi connectivity index (χ4n) is 2.05. The predicted molar refractivity (Wildman–Crippen MR) is 56.9 cm³/mol. The zero-order chi connectivity index (χ0) is 11.4. The van der Waals surface area contributed by atoms with Gasteiger partial charge in [0.05, 0.1) is 18.4 Å². The van der Waals surface area contributed by atoms with Gasteiger partial charge in [0.2, 0.25) is 0 Å². The second-order valence-corrected chi connectivity index (χ2v) is 3.88. The van der Waals surface area contributed by atoms with Crippen molar-refractivity contribution in [1.29, 1.82) is 0 Å². The summed E-state index contributed by atoms with van der Waals surface area (Å²) in [5.74, 6) is 4.52. The summed E-state index contributed by atoms with van der Waals surface area (Å²) in [7, 11) is 0. The van der Waals surface area contributed by atoms with E-state index < -0.39 is 0 Å². The molecule has 0 atom stereocenters. The topological polar surface area (TPSA) is 82.2 Å². The van der Waals surface area contributed by atoms with Crippen LogP contribution in [0.1, 0.15) is 30.7 Å². The lowest BCUT2D eigenvalue weighted by Gasteiger charge is -2.13. The molecule has 1 heterocycles. The lowest BCUT2D eigenvalue weighted by atomic mass is 10.0. The van der Waals surface area contributed by atoms with Crippen molar-refractivity contribution in [2.45, 2.75) is 38.6 Å². The van der Waals surface area contributed by atoms with Crippen LogP contribution in [0.25, 0.3) is 0 Å². The van der Waals surface area contributed by atoms with Crippen LogP contribution in [0.15, 0.2) is 6.33 Å². The molecule has 6 nitrogen and oxygen atoms in total. The van der Waals surface area contributed by atoms with Gasteiger partial charge in [0.15, 0.2) is 0 Å². The number of hydrogen-bond acceptors (Lipinski definition) is 5. The van der Waals surface area contributed by atoms with Gasteiger partial charge in [0.1, 0.15) is 0 Å². The van der Waals surface area contributed by atoms with Crippen molar-refractivity contribution in [3.8, 4) is 0 Å². The van der Waals surface area contributed by atoms with Crippen LogP contribution < -0.4 is 11.4 Å². The van der Waals surface area contributed by atoms with Crippen LogP contribution in [-0.4, -0.2) is 15.5 Å². The molecule has 0 aliphatic heterocycles. The van der Waals surface area contributed by atoms with Crippen molar-refractivity contribution in [2.24, 2.45) is 5.84 Å².